The van der Waals surface area contributed by atoms with Crippen LogP contribution in [0.25, 0.3) is 5.95 Å². The first-order valence-electron chi connectivity index (χ1n) is 3.46. The third-order valence-electron chi connectivity index (χ3n) is 1.58. The van der Waals surface area contributed by atoms with Gasteiger partial charge in [0.15, 0.2) is 0 Å². The first-order valence-corrected chi connectivity index (χ1v) is 4.25. The maximum Gasteiger partial charge on any atom is 0.231 e. The van der Waals surface area contributed by atoms with Gasteiger partial charge in [0.25, 0.3) is 0 Å². The zero-order valence-corrected chi connectivity index (χ0v) is 8.06. The van der Waals surface area contributed by atoms with E-state index in [9.17, 15) is 0 Å². The Morgan fingerprint density at radius 1 is 1.42 bits per heavy atom. The predicted octanol–water partition coefficient (Wildman–Crippen LogP) is 1.37. The van der Waals surface area contributed by atoms with Gasteiger partial charge in [-0.3, -0.25) is 0 Å². The smallest absolute Gasteiger partial charge is 0.231 e. The lowest BCUT2D eigenvalue weighted by atomic mass is 10.7. The van der Waals surface area contributed by atoms with Crippen LogP contribution in [0, 0.1) is 0 Å². The van der Waals surface area contributed by atoms with E-state index in [4.69, 9.17) is 0 Å². The average Bonchev–Trinajstić information content (AvgIpc) is 2.59. The number of hydrogen-bond acceptors (Lipinski definition) is 2. The summed E-state index contributed by atoms with van der Waals surface area (Å²) in [6, 6.07) is 1.87. The van der Waals surface area contributed by atoms with Crippen molar-refractivity contribution in [1.29, 1.82) is 0 Å². The third-order valence-corrected chi connectivity index (χ3v) is 2.18. The van der Waals surface area contributed by atoms with E-state index in [1.807, 2.05) is 23.9 Å². The Morgan fingerprint density at radius 3 is 2.75 bits per heavy atom. The minimum Gasteiger partial charge on any atom is -0.319 e. The van der Waals surface area contributed by atoms with Gasteiger partial charge in [-0.25, -0.2) is 4.98 Å². The number of aryl methyl sites for hydroxylation is 1. The lowest BCUT2D eigenvalue weighted by Crippen LogP contribution is -2.04. The maximum absolute atomic E-state index is 4.15. The van der Waals surface area contributed by atoms with Crippen LogP contribution < -0.4 is 0 Å². The summed E-state index contributed by atoms with van der Waals surface area (Å²) in [6.45, 7) is 0. The SMILES string of the molecule is Cn1ccnc1-n1nccc1Br. The van der Waals surface area contributed by atoms with Crippen molar-refractivity contribution in [2.24, 2.45) is 7.05 Å². The Hall–Kier alpha value is -1.10. The molecule has 5 heteroatoms. The van der Waals surface area contributed by atoms with Gasteiger partial charge >= 0.3 is 0 Å². The molecule has 0 amide bonds. The van der Waals surface area contributed by atoms with Crippen LogP contribution in [0.4, 0.5) is 0 Å². The summed E-state index contributed by atoms with van der Waals surface area (Å²) in [4.78, 5) is 4.15. The van der Waals surface area contributed by atoms with Crippen molar-refractivity contribution in [2.45, 2.75) is 0 Å². The Bertz CT molecular complexity index is 351. The van der Waals surface area contributed by atoms with Gasteiger partial charge in [0, 0.05) is 19.4 Å². The molecule has 2 rings (SSSR count). The molecule has 0 radical (unpaired) electrons. The highest BCUT2D eigenvalue weighted by Gasteiger charge is 2.05. The summed E-state index contributed by atoms with van der Waals surface area (Å²) in [6.07, 6.45) is 5.34. The van der Waals surface area contributed by atoms with E-state index in [1.165, 1.54) is 0 Å². The van der Waals surface area contributed by atoms with Gasteiger partial charge in [-0.15, -0.1) is 0 Å². The molecule has 0 saturated carbocycles. The Kier molecular flexibility index (Phi) is 1.73. The van der Waals surface area contributed by atoms with E-state index in [2.05, 4.69) is 26.0 Å². The molecule has 0 unspecified atom stereocenters. The summed E-state index contributed by atoms with van der Waals surface area (Å²) in [5, 5.41) is 4.11. The van der Waals surface area contributed by atoms with Crippen LogP contribution in [-0.2, 0) is 7.05 Å². The van der Waals surface area contributed by atoms with Crippen molar-refractivity contribution >= 4 is 15.9 Å². The van der Waals surface area contributed by atoms with Crippen molar-refractivity contribution < 1.29 is 0 Å². The first kappa shape index (κ1) is 7.54. The molecule has 0 aromatic carbocycles. The lowest BCUT2D eigenvalue weighted by Gasteiger charge is -2.01. The topological polar surface area (TPSA) is 35.6 Å². The highest BCUT2D eigenvalue weighted by molar-refractivity contribution is 9.10. The van der Waals surface area contributed by atoms with Crippen LogP contribution >= 0.6 is 15.9 Å². The standard InChI is InChI=1S/C7H7BrN4/c1-11-5-4-9-7(11)12-6(8)2-3-10-12/h2-5H,1H3. The van der Waals surface area contributed by atoms with Gasteiger partial charge in [-0.2, -0.15) is 9.78 Å². The van der Waals surface area contributed by atoms with Gasteiger partial charge in [-0.1, -0.05) is 0 Å². The minimum atomic E-state index is 0.798. The summed E-state index contributed by atoms with van der Waals surface area (Å²) >= 11 is 3.37. The number of rotatable bonds is 1. The molecular formula is C7H7BrN4. The fourth-order valence-electron chi connectivity index (χ4n) is 0.996. The summed E-state index contributed by atoms with van der Waals surface area (Å²) in [7, 11) is 1.93. The van der Waals surface area contributed by atoms with Gasteiger partial charge in [0.05, 0.1) is 6.20 Å². The molecule has 0 aliphatic heterocycles. The Morgan fingerprint density at radius 2 is 2.25 bits per heavy atom. The van der Waals surface area contributed by atoms with Crippen LogP contribution in [0.5, 0.6) is 0 Å². The van der Waals surface area contributed by atoms with E-state index in [0.29, 0.717) is 0 Å². The minimum absolute atomic E-state index is 0.798. The quantitative estimate of drug-likeness (QED) is 0.737. The van der Waals surface area contributed by atoms with Crippen molar-refractivity contribution in [3.8, 4) is 5.95 Å². The van der Waals surface area contributed by atoms with Crippen LogP contribution in [0.15, 0.2) is 29.3 Å². The molecule has 4 nitrogen and oxygen atoms in total. The molecule has 0 saturated heterocycles. The molecule has 0 aliphatic carbocycles. The molecule has 0 atom stereocenters. The van der Waals surface area contributed by atoms with Crippen molar-refractivity contribution in [3.05, 3.63) is 29.3 Å². The van der Waals surface area contributed by atoms with E-state index in [-0.39, 0.29) is 0 Å². The van der Waals surface area contributed by atoms with E-state index in [0.717, 1.165) is 10.6 Å². The van der Waals surface area contributed by atoms with Crippen molar-refractivity contribution in [1.82, 2.24) is 19.3 Å². The van der Waals surface area contributed by atoms with E-state index >= 15 is 0 Å². The number of aromatic nitrogens is 4. The molecule has 2 heterocycles. The number of halogens is 1. The fourth-order valence-corrected chi connectivity index (χ4v) is 1.36. The molecule has 2 aromatic heterocycles. The normalized spacial score (nSPS) is 10.5. The number of nitrogens with zero attached hydrogens (tertiary/aromatic N) is 4. The second-order valence-corrected chi connectivity index (χ2v) is 3.22. The molecule has 0 spiro atoms. The predicted molar refractivity (Wildman–Crippen MR) is 48.0 cm³/mol. The van der Waals surface area contributed by atoms with Crippen LogP contribution in [0.2, 0.25) is 0 Å². The first-order chi connectivity index (χ1) is 5.79. The maximum atomic E-state index is 4.15. The Balaban J connectivity index is 2.57. The van der Waals surface area contributed by atoms with Crippen molar-refractivity contribution in [3.63, 3.8) is 0 Å². The van der Waals surface area contributed by atoms with Crippen LogP contribution in [0.3, 0.4) is 0 Å². The molecule has 0 N–H and O–H groups in total. The van der Waals surface area contributed by atoms with Gasteiger partial charge in [-0.05, 0) is 22.0 Å². The van der Waals surface area contributed by atoms with Crippen LogP contribution in [-0.4, -0.2) is 19.3 Å². The monoisotopic (exact) mass is 226 g/mol. The number of imidazole rings is 1. The highest BCUT2D eigenvalue weighted by Crippen LogP contribution is 2.12. The lowest BCUT2D eigenvalue weighted by molar-refractivity contribution is 0.739. The largest absolute Gasteiger partial charge is 0.319 e. The van der Waals surface area contributed by atoms with E-state index < -0.39 is 0 Å². The highest BCUT2D eigenvalue weighted by atomic mass is 79.9. The molecule has 12 heavy (non-hydrogen) atoms. The zero-order valence-electron chi connectivity index (χ0n) is 6.48. The molecule has 0 fully saturated rings. The summed E-state index contributed by atoms with van der Waals surface area (Å²) < 4.78 is 4.52. The molecule has 0 bridgehead atoms. The number of hydrogen-bond donors (Lipinski definition) is 0. The van der Waals surface area contributed by atoms with Gasteiger partial charge < -0.3 is 4.57 Å². The molecule has 2 aromatic rings. The second-order valence-electron chi connectivity index (χ2n) is 2.40. The fraction of sp³-hybridized carbons (Fsp3) is 0.143. The third kappa shape index (κ3) is 1.06. The average molecular weight is 227 g/mol. The van der Waals surface area contributed by atoms with Crippen molar-refractivity contribution in [2.75, 3.05) is 0 Å². The second kappa shape index (κ2) is 2.75. The zero-order chi connectivity index (χ0) is 8.55. The summed E-state index contributed by atoms with van der Waals surface area (Å²) in [5.74, 6) is 0.798. The van der Waals surface area contributed by atoms with Gasteiger partial charge in [0.2, 0.25) is 5.95 Å². The molecule has 0 aliphatic rings. The Labute approximate surface area is 78.0 Å². The van der Waals surface area contributed by atoms with Gasteiger partial charge in [0.1, 0.15) is 4.60 Å². The molecular weight excluding hydrogens is 220 g/mol. The van der Waals surface area contributed by atoms with Crippen LogP contribution in [0.1, 0.15) is 0 Å². The summed E-state index contributed by atoms with van der Waals surface area (Å²) in [5.41, 5.74) is 0. The van der Waals surface area contributed by atoms with E-state index in [1.54, 1.807) is 17.1 Å². The molecule has 62 valence electrons.